The zero-order chi connectivity index (χ0) is 19.2. The third-order valence-corrected chi connectivity index (χ3v) is 5.56. The van der Waals surface area contributed by atoms with Crippen molar-refractivity contribution < 1.29 is 9.53 Å². The highest BCUT2D eigenvalue weighted by molar-refractivity contribution is 9.10. The molecule has 1 N–H and O–H groups in total. The molecule has 1 heterocycles. The predicted octanol–water partition coefficient (Wildman–Crippen LogP) is 3.14. The largest absolute Gasteiger partial charge is 0.497 e. The van der Waals surface area contributed by atoms with Gasteiger partial charge in [0.25, 0.3) is 5.91 Å². The number of carbonyl (C=O) groups is 1. The van der Waals surface area contributed by atoms with E-state index in [1.165, 1.54) is 5.56 Å². The lowest BCUT2D eigenvalue weighted by Gasteiger charge is -2.32. The fourth-order valence-corrected chi connectivity index (χ4v) is 3.61. The Kier molecular flexibility index (Phi) is 6.88. The van der Waals surface area contributed by atoms with E-state index in [1.54, 1.807) is 13.2 Å². The van der Waals surface area contributed by atoms with Gasteiger partial charge in [0.2, 0.25) is 0 Å². The van der Waals surface area contributed by atoms with Crippen LogP contribution in [0.4, 0.5) is 0 Å². The Hall–Kier alpha value is -1.89. The number of likely N-dealkylation sites (N-methyl/N-ethyl adjacent to an activating group) is 1. The van der Waals surface area contributed by atoms with Crippen molar-refractivity contribution in [3.63, 3.8) is 0 Å². The summed E-state index contributed by atoms with van der Waals surface area (Å²) in [5, 5.41) is 3.00. The molecule has 1 saturated heterocycles. The number of methoxy groups -OCH3 is 1. The quantitative estimate of drug-likeness (QED) is 0.762. The second kappa shape index (κ2) is 9.35. The van der Waals surface area contributed by atoms with Gasteiger partial charge in [-0.2, -0.15) is 0 Å². The van der Waals surface area contributed by atoms with Gasteiger partial charge < -0.3 is 15.0 Å². The summed E-state index contributed by atoms with van der Waals surface area (Å²) in [4.78, 5) is 17.4. The summed E-state index contributed by atoms with van der Waals surface area (Å²) in [6.07, 6.45) is 0. The molecule has 0 aliphatic carbocycles. The monoisotopic (exact) mass is 431 g/mol. The fraction of sp³-hybridized carbons (Fsp3) is 0.381. The van der Waals surface area contributed by atoms with Gasteiger partial charge in [-0.15, -0.1) is 0 Å². The Morgan fingerprint density at radius 1 is 1.11 bits per heavy atom. The van der Waals surface area contributed by atoms with Crippen molar-refractivity contribution in [3.8, 4) is 5.75 Å². The Morgan fingerprint density at radius 3 is 2.59 bits per heavy atom. The first-order chi connectivity index (χ1) is 13.0. The van der Waals surface area contributed by atoms with Gasteiger partial charge in [-0.1, -0.05) is 24.3 Å². The molecule has 2 aromatic rings. The SMILES string of the molecule is COc1ccc(Br)c(C(=O)NCc2cccc(CN3CCN(C)CC3)c2)c1. The Balaban J connectivity index is 1.59. The lowest BCUT2D eigenvalue weighted by Crippen LogP contribution is -2.43. The van der Waals surface area contributed by atoms with E-state index in [1.807, 2.05) is 18.2 Å². The molecule has 1 fully saturated rings. The standard InChI is InChI=1S/C21H26BrN3O2/c1-24-8-10-25(11-9-24)15-17-5-3-4-16(12-17)14-23-21(26)19-13-18(27-2)6-7-20(19)22/h3-7,12-13H,8-11,14-15H2,1-2H3,(H,23,26). The number of nitrogens with one attached hydrogen (secondary N) is 1. The highest BCUT2D eigenvalue weighted by atomic mass is 79.9. The molecular weight excluding hydrogens is 406 g/mol. The van der Waals surface area contributed by atoms with Crippen molar-refractivity contribution in [2.24, 2.45) is 0 Å². The molecule has 5 nitrogen and oxygen atoms in total. The van der Waals surface area contributed by atoms with Crippen molar-refractivity contribution in [2.45, 2.75) is 13.1 Å². The molecule has 2 aromatic carbocycles. The summed E-state index contributed by atoms with van der Waals surface area (Å²) in [6.45, 7) is 5.88. The second-order valence-electron chi connectivity index (χ2n) is 6.93. The number of hydrogen-bond acceptors (Lipinski definition) is 4. The van der Waals surface area contributed by atoms with Gasteiger partial charge in [0, 0.05) is 43.7 Å². The molecule has 0 bridgehead atoms. The van der Waals surface area contributed by atoms with E-state index in [9.17, 15) is 4.79 Å². The summed E-state index contributed by atoms with van der Waals surface area (Å²) in [6, 6.07) is 13.8. The number of benzene rings is 2. The van der Waals surface area contributed by atoms with Crippen LogP contribution in [0.5, 0.6) is 5.75 Å². The molecular formula is C21H26BrN3O2. The van der Waals surface area contributed by atoms with Crippen molar-refractivity contribution in [1.29, 1.82) is 0 Å². The molecule has 0 aromatic heterocycles. The van der Waals surface area contributed by atoms with E-state index in [4.69, 9.17) is 4.74 Å². The van der Waals surface area contributed by atoms with Gasteiger partial charge in [-0.05, 0) is 52.3 Å². The van der Waals surface area contributed by atoms with Gasteiger partial charge >= 0.3 is 0 Å². The number of nitrogens with zero attached hydrogens (tertiary/aromatic N) is 2. The van der Waals surface area contributed by atoms with Crippen molar-refractivity contribution >= 4 is 21.8 Å². The van der Waals surface area contributed by atoms with E-state index in [2.05, 4.69) is 56.3 Å². The zero-order valence-electron chi connectivity index (χ0n) is 15.9. The minimum absolute atomic E-state index is 0.120. The number of amides is 1. The van der Waals surface area contributed by atoms with Crippen LogP contribution in [0.25, 0.3) is 0 Å². The van der Waals surface area contributed by atoms with Gasteiger partial charge in [0.05, 0.1) is 12.7 Å². The average molecular weight is 432 g/mol. The van der Waals surface area contributed by atoms with Crippen molar-refractivity contribution in [2.75, 3.05) is 40.3 Å². The second-order valence-corrected chi connectivity index (χ2v) is 7.78. The highest BCUT2D eigenvalue weighted by Gasteiger charge is 2.14. The summed E-state index contributed by atoms with van der Waals surface area (Å²) in [5.74, 6) is 0.544. The third-order valence-electron chi connectivity index (χ3n) is 4.86. The molecule has 1 aliphatic rings. The molecule has 1 aliphatic heterocycles. The van der Waals surface area contributed by atoms with Crippen LogP contribution in [0, 0.1) is 0 Å². The van der Waals surface area contributed by atoms with Crippen LogP contribution in [-0.4, -0.2) is 56.0 Å². The number of rotatable bonds is 6. The van der Waals surface area contributed by atoms with Crippen LogP contribution in [0.1, 0.15) is 21.5 Å². The number of piperazine rings is 1. The number of carbonyl (C=O) groups excluding carboxylic acids is 1. The molecule has 0 saturated carbocycles. The summed E-state index contributed by atoms with van der Waals surface area (Å²) >= 11 is 3.43. The van der Waals surface area contributed by atoms with E-state index < -0.39 is 0 Å². The maximum Gasteiger partial charge on any atom is 0.252 e. The van der Waals surface area contributed by atoms with E-state index in [-0.39, 0.29) is 5.91 Å². The van der Waals surface area contributed by atoms with Gasteiger partial charge in [0.1, 0.15) is 5.75 Å². The molecule has 0 spiro atoms. The number of ether oxygens (including phenoxy) is 1. The molecule has 6 heteroatoms. The topological polar surface area (TPSA) is 44.8 Å². The lowest BCUT2D eigenvalue weighted by atomic mass is 10.1. The predicted molar refractivity (Wildman–Crippen MR) is 111 cm³/mol. The smallest absolute Gasteiger partial charge is 0.252 e. The molecule has 0 unspecified atom stereocenters. The number of halogens is 1. The molecule has 144 valence electrons. The average Bonchev–Trinajstić information content (AvgIpc) is 2.68. The minimum Gasteiger partial charge on any atom is -0.497 e. The van der Waals surface area contributed by atoms with Gasteiger partial charge in [-0.3, -0.25) is 9.69 Å². The first kappa shape index (κ1) is 19.9. The molecule has 1 amide bonds. The first-order valence-corrected chi connectivity index (χ1v) is 9.95. The lowest BCUT2D eigenvalue weighted by molar-refractivity contribution is 0.0949. The van der Waals surface area contributed by atoms with Crippen LogP contribution in [-0.2, 0) is 13.1 Å². The molecule has 0 atom stereocenters. The van der Waals surface area contributed by atoms with E-state index in [0.717, 1.165) is 42.8 Å². The molecule has 3 rings (SSSR count). The Bertz CT molecular complexity index is 789. The number of hydrogen-bond donors (Lipinski definition) is 1. The maximum absolute atomic E-state index is 12.5. The van der Waals surface area contributed by atoms with Crippen LogP contribution in [0.3, 0.4) is 0 Å². The van der Waals surface area contributed by atoms with Gasteiger partial charge in [-0.25, -0.2) is 0 Å². The highest BCUT2D eigenvalue weighted by Crippen LogP contribution is 2.22. The van der Waals surface area contributed by atoms with Crippen LogP contribution in [0.2, 0.25) is 0 Å². The van der Waals surface area contributed by atoms with E-state index >= 15 is 0 Å². The van der Waals surface area contributed by atoms with Crippen LogP contribution < -0.4 is 10.1 Å². The minimum atomic E-state index is -0.120. The first-order valence-electron chi connectivity index (χ1n) is 9.15. The summed E-state index contributed by atoms with van der Waals surface area (Å²) in [5.41, 5.74) is 2.96. The van der Waals surface area contributed by atoms with Crippen LogP contribution in [0.15, 0.2) is 46.9 Å². The Labute approximate surface area is 169 Å². The summed E-state index contributed by atoms with van der Waals surface area (Å²) in [7, 11) is 3.76. The summed E-state index contributed by atoms with van der Waals surface area (Å²) < 4.78 is 5.96. The Morgan fingerprint density at radius 2 is 1.85 bits per heavy atom. The molecule has 27 heavy (non-hydrogen) atoms. The van der Waals surface area contributed by atoms with Crippen molar-refractivity contribution in [1.82, 2.24) is 15.1 Å². The molecule has 0 radical (unpaired) electrons. The van der Waals surface area contributed by atoms with Crippen LogP contribution >= 0.6 is 15.9 Å². The zero-order valence-corrected chi connectivity index (χ0v) is 17.5. The normalized spacial score (nSPS) is 15.5. The van der Waals surface area contributed by atoms with Gasteiger partial charge in [0.15, 0.2) is 0 Å². The van der Waals surface area contributed by atoms with Crippen molar-refractivity contribution in [3.05, 3.63) is 63.6 Å². The third kappa shape index (κ3) is 5.54. The van der Waals surface area contributed by atoms with E-state index in [0.29, 0.717) is 17.9 Å². The fourth-order valence-electron chi connectivity index (χ4n) is 3.19. The maximum atomic E-state index is 12.5.